The van der Waals surface area contributed by atoms with Gasteiger partial charge in [0.1, 0.15) is 0 Å². The Hall–Kier alpha value is -2.08. The Balaban J connectivity index is 1.55. The molecule has 3 aliphatic rings. The minimum atomic E-state index is 1.16. The predicted molar refractivity (Wildman–Crippen MR) is 86.4 cm³/mol. The highest BCUT2D eigenvalue weighted by atomic mass is 14.3. The first kappa shape index (κ1) is 11.6. The van der Waals surface area contributed by atoms with Gasteiger partial charge in [0.05, 0.1) is 0 Å². The summed E-state index contributed by atoms with van der Waals surface area (Å²) in [5.41, 5.74) is 12.9. The van der Waals surface area contributed by atoms with Crippen LogP contribution in [0.25, 0.3) is 0 Å². The Morgan fingerprint density at radius 3 is 1.24 bits per heavy atom. The van der Waals surface area contributed by atoms with E-state index in [0.29, 0.717) is 0 Å². The van der Waals surface area contributed by atoms with Crippen molar-refractivity contribution in [2.75, 3.05) is 0 Å². The van der Waals surface area contributed by atoms with Gasteiger partial charge >= 0.3 is 0 Å². The Morgan fingerprint density at radius 2 is 0.810 bits per heavy atom. The molecule has 3 aliphatic carbocycles. The summed E-state index contributed by atoms with van der Waals surface area (Å²) in [6, 6.07) is 18.0. The van der Waals surface area contributed by atoms with Crippen LogP contribution in [0.15, 0.2) is 70.8 Å². The summed E-state index contributed by atoms with van der Waals surface area (Å²) in [6.45, 7) is 0. The maximum absolute atomic E-state index is 2.31. The molecule has 5 rings (SSSR count). The van der Waals surface area contributed by atoms with Gasteiger partial charge < -0.3 is 0 Å². The lowest BCUT2D eigenvalue weighted by Crippen LogP contribution is -2.10. The van der Waals surface area contributed by atoms with Crippen LogP contribution in [0.4, 0.5) is 0 Å². The molecule has 0 aliphatic heterocycles. The van der Waals surface area contributed by atoms with Gasteiger partial charge in [0, 0.05) is 0 Å². The van der Waals surface area contributed by atoms with Gasteiger partial charge in [-0.15, -0.1) is 0 Å². The largest absolute Gasteiger partial charge is 0.0620 e. The molecule has 0 bridgehead atoms. The molecule has 0 saturated carbocycles. The Kier molecular flexibility index (Phi) is 2.32. The Bertz CT molecular complexity index is 748. The summed E-state index contributed by atoms with van der Waals surface area (Å²) in [6.07, 6.45) is 5.90. The van der Waals surface area contributed by atoms with Gasteiger partial charge in [-0.25, -0.2) is 0 Å². The van der Waals surface area contributed by atoms with Gasteiger partial charge in [0.25, 0.3) is 0 Å². The first-order valence-electron chi connectivity index (χ1n) is 7.94. The number of benzene rings is 2. The van der Waals surface area contributed by atoms with Crippen molar-refractivity contribution in [2.45, 2.75) is 32.1 Å². The van der Waals surface area contributed by atoms with E-state index in [9.17, 15) is 0 Å². The third-order valence-corrected chi connectivity index (χ3v) is 5.42. The van der Waals surface area contributed by atoms with Crippen LogP contribution in [0.3, 0.4) is 0 Å². The fourth-order valence-electron chi connectivity index (χ4n) is 4.35. The second-order valence-electron chi connectivity index (χ2n) is 6.59. The lowest BCUT2D eigenvalue weighted by atomic mass is 9.82. The van der Waals surface area contributed by atoms with Crippen molar-refractivity contribution in [1.29, 1.82) is 0 Å². The Morgan fingerprint density at radius 1 is 0.429 bits per heavy atom. The van der Waals surface area contributed by atoms with E-state index in [1.807, 2.05) is 0 Å². The zero-order valence-electron chi connectivity index (χ0n) is 12.2. The molecule has 0 fully saturated rings. The third kappa shape index (κ3) is 1.68. The second kappa shape index (κ2) is 4.21. The smallest absolute Gasteiger partial charge is 0.00203 e. The minimum absolute atomic E-state index is 1.16. The van der Waals surface area contributed by atoms with Crippen molar-refractivity contribution in [3.05, 3.63) is 93.1 Å². The molecule has 21 heavy (non-hydrogen) atoms. The number of allylic oxidation sites excluding steroid dienone is 4. The molecule has 0 N–H and O–H groups in total. The monoisotopic (exact) mass is 270 g/mol. The highest BCUT2D eigenvalue weighted by Crippen LogP contribution is 2.44. The number of hydrogen-bond acceptors (Lipinski definition) is 0. The molecule has 2 aromatic rings. The summed E-state index contributed by atoms with van der Waals surface area (Å²) >= 11 is 0. The quantitative estimate of drug-likeness (QED) is 0.657. The maximum Gasteiger partial charge on any atom is -0.00203 e. The molecule has 0 heterocycles. The van der Waals surface area contributed by atoms with E-state index < -0.39 is 0 Å². The normalized spacial score (nSPS) is 19.0. The molecule has 0 saturated heterocycles. The van der Waals surface area contributed by atoms with Crippen LogP contribution in [0.2, 0.25) is 0 Å². The van der Waals surface area contributed by atoms with Gasteiger partial charge in [0.15, 0.2) is 0 Å². The van der Waals surface area contributed by atoms with Gasteiger partial charge in [-0.1, -0.05) is 59.7 Å². The van der Waals surface area contributed by atoms with Crippen molar-refractivity contribution in [3.63, 3.8) is 0 Å². The van der Waals surface area contributed by atoms with Crippen LogP contribution in [0.5, 0.6) is 0 Å². The topological polar surface area (TPSA) is 0 Å². The van der Waals surface area contributed by atoms with E-state index >= 15 is 0 Å². The van der Waals surface area contributed by atoms with Gasteiger partial charge in [0.2, 0.25) is 0 Å². The Labute approximate surface area is 125 Å². The summed E-state index contributed by atoms with van der Waals surface area (Å²) in [5.74, 6) is 0. The van der Waals surface area contributed by atoms with Gasteiger partial charge in [-0.2, -0.15) is 0 Å². The van der Waals surface area contributed by atoms with E-state index in [-0.39, 0.29) is 0 Å². The van der Waals surface area contributed by atoms with E-state index in [2.05, 4.69) is 48.5 Å². The summed E-state index contributed by atoms with van der Waals surface area (Å²) in [4.78, 5) is 0. The van der Waals surface area contributed by atoms with E-state index in [1.165, 1.54) is 19.3 Å². The number of rotatable bonds is 0. The molecule has 0 radical (unpaired) electrons. The van der Waals surface area contributed by atoms with Crippen LogP contribution >= 0.6 is 0 Å². The minimum Gasteiger partial charge on any atom is -0.0620 e. The average molecular weight is 270 g/mol. The molecule has 0 spiro atoms. The van der Waals surface area contributed by atoms with Crippen LogP contribution in [-0.2, 0) is 25.7 Å². The number of hydrogen-bond donors (Lipinski definition) is 0. The fourth-order valence-corrected chi connectivity index (χ4v) is 4.35. The van der Waals surface area contributed by atoms with Gasteiger partial charge in [-0.3, -0.25) is 0 Å². The SMILES string of the molecule is c1ccc2c(c1)CC1=C(C2)C2=C(C1)Cc1ccccc1C2. The molecule has 0 heteroatoms. The number of fused-ring (bicyclic) bond motifs is 3. The first-order valence-corrected chi connectivity index (χ1v) is 7.94. The second-order valence-corrected chi connectivity index (χ2v) is 6.59. The highest BCUT2D eigenvalue weighted by molar-refractivity contribution is 5.59. The molecular weight excluding hydrogens is 252 g/mol. The molecule has 0 aromatic heterocycles. The summed E-state index contributed by atoms with van der Waals surface area (Å²) in [7, 11) is 0. The first-order chi connectivity index (χ1) is 10.4. The van der Waals surface area contributed by atoms with E-state index in [1.54, 1.807) is 44.5 Å². The van der Waals surface area contributed by atoms with Crippen molar-refractivity contribution in [2.24, 2.45) is 0 Å². The molecule has 0 amide bonds. The molecular formula is C21H18. The lowest BCUT2D eigenvalue weighted by Gasteiger charge is -2.22. The van der Waals surface area contributed by atoms with E-state index in [0.717, 1.165) is 12.8 Å². The zero-order chi connectivity index (χ0) is 13.8. The van der Waals surface area contributed by atoms with E-state index in [4.69, 9.17) is 0 Å². The molecule has 2 aromatic carbocycles. The van der Waals surface area contributed by atoms with Crippen molar-refractivity contribution < 1.29 is 0 Å². The van der Waals surface area contributed by atoms with Crippen LogP contribution < -0.4 is 0 Å². The van der Waals surface area contributed by atoms with Crippen LogP contribution in [0.1, 0.15) is 28.7 Å². The summed E-state index contributed by atoms with van der Waals surface area (Å²) in [5, 5.41) is 0. The van der Waals surface area contributed by atoms with Crippen molar-refractivity contribution in [3.8, 4) is 0 Å². The highest BCUT2D eigenvalue weighted by Gasteiger charge is 2.30. The third-order valence-electron chi connectivity index (χ3n) is 5.42. The van der Waals surface area contributed by atoms with Crippen molar-refractivity contribution in [1.82, 2.24) is 0 Å². The zero-order valence-corrected chi connectivity index (χ0v) is 12.2. The molecule has 102 valence electrons. The summed E-state index contributed by atoms with van der Waals surface area (Å²) < 4.78 is 0. The van der Waals surface area contributed by atoms with Gasteiger partial charge in [-0.05, 0) is 65.5 Å². The standard InChI is InChI=1S/C21H18/c1-3-7-16-12-20-18(9-14(16)5-1)11-19-10-15-6-2-4-8-17(15)13-21(19)20/h1-8H,9-13H2. The maximum atomic E-state index is 2.31. The van der Waals surface area contributed by atoms with Crippen molar-refractivity contribution >= 4 is 0 Å². The molecule has 0 unspecified atom stereocenters. The predicted octanol–water partition coefficient (Wildman–Crippen LogP) is 4.58. The molecule has 0 atom stereocenters. The average Bonchev–Trinajstić information content (AvgIpc) is 2.87. The fraction of sp³-hybridized carbons (Fsp3) is 0.238. The molecule has 0 nitrogen and oxygen atoms in total. The van der Waals surface area contributed by atoms with Crippen LogP contribution in [-0.4, -0.2) is 0 Å². The van der Waals surface area contributed by atoms with Crippen LogP contribution in [0, 0.1) is 0 Å². The lowest BCUT2D eigenvalue weighted by molar-refractivity contribution is 0.937.